The monoisotopic (exact) mass is 267 g/mol. The SMILES string of the molecule is CCCCCNC(O)[C@H](O)[C@@H](O)[C@H](O)[C@H](O)CO. The van der Waals surface area contributed by atoms with E-state index in [9.17, 15) is 20.4 Å². The van der Waals surface area contributed by atoms with Crippen LogP contribution in [-0.4, -0.2) is 74.4 Å². The Bertz CT molecular complexity index is 206. The number of aliphatic hydroxyl groups is 6. The normalized spacial score (nSPS) is 20.2. The number of hydrogen-bond donors (Lipinski definition) is 7. The smallest absolute Gasteiger partial charge is 0.133 e. The van der Waals surface area contributed by atoms with Gasteiger partial charge in [-0.05, 0) is 13.0 Å². The lowest BCUT2D eigenvalue weighted by atomic mass is 10.0. The van der Waals surface area contributed by atoms with E-state index >= 15 is 0 Å². The van der Waals surface area contributed by atoms with E-state index in [0.29, 0.717) is 6.54 Å². The molecule has 0 aliphatic heterocycles. The summed E-state index contributed by atoms with van der Waals surface area (Å²) >= 11 is 0. The van der Waals surface area contributed by atoms with Gasteiger partial charge in [-0.2, -0.15) is 0 Å². The predicted molar refractivity (Wildman–Crippen MR) is 64.6 cm³/mol. The van der Waals surface area contributed by atoms with Crippen molar-refractivity contribution in [1.82, 2.24) is 5.32 Å². The summed E-state index contributed by atoms with van der Waals surface area (Å²) in [6.07, 6.45) is -5.28. The van der Waals surface area contributed by atoms with Gasteiger partial charge in [0, 0.05) is 0 Å². The number of nitrogens with one attached hydrogen (secondary N) is 1. The maximum Gasteiger partial charge on any atom is 0.133 e. The average molecular weight is 267 g/mol. The summed E-state index contributed by atoms with van der Waals surface area (Å²) in [6.45, 7) is 1.75. The van der Waals surface area contributed by atoms with Gasteiger partial charge in [0.05, 0.1) is 6.61 Å². The largest absolute Gasteiger partial charge is 0.394 e. The van der Waals surface area contributed by atoms with E-state index in [0.717, 1.165) is 19.3 Å². The van der Waals surface area contributed by atoms with E-state index in [4.69, 9.17) is 10.2 Å². The van der Waals surface area contributed by atoms with Crippen LogP contribution in [0.15, 0.2) is 0 Å². The molecule has 0 rings (SSSR count). The zero-order valence-corrected chi connectivity index (χ0v) is 10.6. The molecule has 0 aromatic rings. The van der Waals surface area contributed by atoms with Crippen molar-refractivity contribution in [3.8, 4) is 0 Å². The summed E-state index contributed by atoms with van der Waals surface area (Å²) < 4.78 is 0. The van der Waals surface area contributed by atoms with E-state index in [-0.39, 0.29) is 0 Å². The third kappa shape index (κ3) is 6.05. The van der Waals surface area contributed by atoms with Gasteiger partial charge in [0.15, 0.2) is 0 Å². The molecule has 7 nitrogen and oxygen atoms in total. The zero-order valence-electron chi connectivity index (χ0n) is 10.6. The molecule has 0 radical (unpaired) electrons. The van der Waals surface area contributed by atoms with Gasteiger partial charge in [-0.15, -0.1) is 0 Å². The van der Waals surface area contributed by atoms with Crippen LogP contribution in [0.1, 0.15) is 26.2 Å². The van der Waals surface area contributed by atoms with Gasteiger partial charge in [-0.3, -0.25) is 5.32 Å². The van der Waals surface area contributed by atoms with Crippen molar-refractivity contribution in [3.63, 3.8) is 0 Å². The first-order valence-corrected chi connectivity index (χ1v) is 6.20. The summed E-state index contributed by atoms with van der Waals surface area (Å²) in [5, 5.41) is 58.2. The lowest BCUT2D eigenvalue weighted by Crippen LogP contribution is -2.53. The van der Waals surface area contributed by atoms with E-state index < -0.39 is 37.3 Å². The van der Waals surface area contributed by atoms with Crippen molar-refractivity contribution < 1.29 is 30.6 Å². The Morgan fingerprint density at radius 2 is 1.50 bits per heavy atom. The Morgan fingerprint density at radius 3 is 2.00 bits per heavy atom. The Hall–Kier alpha value is -0.280. The molecule has 0 aliphatic carbocycles. The van der Waals surface area contributed by atoms with Gasteiger partial charge in [0.1, 0.15) is 30.6 Å². The third-order valence-corrected chi connectivity index (χ3v) is 2.74. The minimum atomic E-state index is -1.75. The van der Waals surface area contributed by atoms with Crippen molar-refractivity contribution in [2.45, 2.75) is 56.8 Å². The van der Waals surface area contributed by atoms with Gasteiger partial charge in [-0.1, -0.05) is 19.8 Å². The molecule has 0 saturated heterocycles. The molecule has 1 unspecified atom stereocenters. The maximum absolute atomic E-state index is 9.54. The molecule has 7 heteroatoms. The van der Waals surface area contributed by atoms with Crippen molar-refractivity contribution in [2.24, 2.45) is 0 Å². The molecular formula is C11H25NO6. The summed E-state index contributed by atoms with van der Waals surface area (Å²) in [7, 11) is 0. The Kier molecular flexibility index (Phi) is 9.47. The van der Waals surface area contributed by atoms with Crippen LogP contribution in [0, 0.1) is 0 Å². The van der Waals surface area contributed by atoms with E-state index in [1.54, 1.807) is 0 Å². The van der Waals surface area contributed by atoms with E-state index in [1.807, 2.05) is 6.92 Å². The highest BCUT2D eigenvalue weighted by atomic mass is 16.4. The Labute approximate surface area is 107 Å². The molecule has 0 fully saturated rings. The number of unbranched alkanes of at least 4 members (excludes halogenated alkanes) is 2. The fourth-order valence-corrected chi connectivity index (χ4v) is 1.47. The molecule has 0 heterocycles. The van der Waals surface area contributed by atoms with Gasteiger partial charge >= 0.3 is 0 Å². The summed E-state index contributed by atoms with van der Waals surface area (Å²) in [6, 6.07) is 0. The third-order valence-electron chi connectivity index (χ3n) is 2.74. The topological polar surface area (TPSA) is 133 Å². The molecule has 18 heavy (non-hydrogen) atoms. The van der Waals surface area contributed by atoms with Crippen molar-refractivity contribution in [3.05, 3.63) is 0 Å². The first-order valence-electron chi connectivity index (χ1n) is 6.20. The minimum Gasteiger partial charge on any atom is -0.394 e. The van der Waals surface area contributed by atoms with Crippen LogP contribution in [0.4, 0.5) is 0 Å². The fraction of sp³-hybridized carbons (Fsp3) is 1.00. The quantitative estimate of drug-likeness (QED) is 0.172. The lowest BCUT2D eigenvalue weighted by Gasteiger charge is -2.28. The van der Waals surface area contributed by atoms with Gasteiger partial charge < -0.3 is 30.6 Å². The first kappa shape index (κ1) is 17.7. The Balaban J connectivity index is 4.06. The standard InChI is InChI=1S/C11H25NO6/c1-2-3-4-5-12-11(18)10(17)9(16)8(15)7(14)6-13/h7-18H,2-6H2,1H3/t7-,8-,9+,10-,11?/m1/s1. The van der Waals surface area contributed by atoms with Crippen LogP contribution in [0.2, 0.25) is 0 Å². The molecular weight excluding hydrogens is 242 g/mol. The average Bonchev–Trinajstić information content (AvgIpc) is 2.39. The zero-order chi connectivity index (χ0) is 14.1. The second kappa shape index (κ2) is 9.62. The molecule has 0 saturated carbocycles. The Morgan fingerprint density at radius 1 is 0.889 bits per heavy atom. The molecule has 0 aromatic carbocycles. The molecule has 0 amide bonds. The number of hydrogen-bond acceptors (Lipinski definition) is 7. The van der Waals surface area contributed by atoms with Crippen LogP contribution in [-0.2, 0) is 0 Å². The summed E-state index contributed by atoms with van der Waals surface area (Å²) in [5.41, 5.74) is 0. The van der Waals surface area contributed by atoms with Crippen LogP contribution in [0.3, 0.4) is 0 Å². The number of aliphatic hydroxyl groups excluding tert-OH is 6. The molecule has 110 valence electrons. The molecule has 0 bridgehead atoms. The second-order valence-electron chi connectivity index (χ2n) is 4.33. The van der Waals surface area contributed by atoms with Crippen molar-refractivity contribution in [2.75, 3.05) is 13.2 Å². The molecule has 0 aromatic heterocycles. The first-order chi connectivity index (χ1) is 8.45. The number of rotatable bonds is 10. The predicted octanol–water partition coefficient (Wildman–Crippen LogP) is -2.48. The molecule has 5 atom stereocenters. The van der Waals surface area contributed by atoms with Crippen molar-refractivity contribution in [1.29, 1.82) is 0 Å². The second-order valence-corrected chi connectivity index (χ2v) is 4.33. The molecule has 0 spiro atoms. The van der Waals surface area contributed by atoms with E-state index in [2.05, 4.69) is 5.32 Å². The van der Waals surface area contributed by atoms with Crippen LogP contribution in [0.25, 0.3) is 0 Å². The molecule has 0 aliphatic rings. The van der Waals surface area contributed by atoms with Gasteiger partial charge in [-0.25, -0.2) is 0 Å². The van der Waals surface area contributed by atoms with Crippen molar-refractivity contribution >= 4 is 0 Å². The summed E-state index contributed by atoms with van der Waals surface area (Å²) in [4.78, 5) is 0. The molecule has 7 N–H and O–H groups in total. The van der Waals surface area contributed by atoms with Crippen LogP contribution < -0.4 is 5.32 Å². The van der Waals surface area contributed by atoms with E-state index in [1.165, 1.54) is 0 Å². The van der Waals surface area contributed by atoms with Crippen LogP contribution in [0.5, 0.6) is 0 Å². The summed E-state index contributed by atoms with van der Waals surface area (Å²) in [5.74, 6) is 0. The highest BCUT2D eigenvalue weighted by Gasteiger charge is 2.33. The van der Waals surface area contributed by atoms with Crippen LogP contribution >= 0.6 is 0 Å². The van der Waals surface area contributed by atoms with Gasteiger partial charge in [0.2, 0.25) is 0 Å². The highest BCUT2D eigenvalue weighted by Crippen LogP contribution is 2.07. The van der Waals surface area contributed by atoms with Gasteiger partial charge in [0.25, 0.3) is 0 Å². The highest BCUT2D eigenvalue weighted by molar-refractivity contribution is 4.83. The fourth-order valence-electron chi connectivity index (χ4n) is 1.47. The minimum absolute atomic E-state index is 0.470. The lowest BCUT2D eigenvalue weighted by molar-refractivity contribution is -0.145. The maximum atomic E-state index is 9.54.